The highest BCUT2D eigenvalue weighted by atomic mass is 16.3. The number of benzene rings is 2. The van der Waals surface area contributed by atoms with Crippen molar-refractivity contribution in [1.29, 1.82) is 0 Å². The van der Waals surface area contributed by atoms with Gasteiger partial charge in [-0.25, -0.2) is 0 Å². The van der Waals surface area contributed by atoms with E-state index in [2.05, 4.69) is 5.32 Å². The lowest BCUT2D eigenvalue weighted by Gasteiger charge is -2.08. The normalized spacial score (nSPS) is 10.2. The summed E-state index contributed by atoms with van der Waals surface area (Å²) in [6.07, 6.45) is 0.237. The highest BCUT2D eigenvalue weighted by Crippen LogP contribution is 2.20. The summed E-state index contributed by atoms with van der Waals surface area (Å²) in [4.78, 5) is 11.9. The second kappa shape index (κ2) is 5.44. The molecule has 4 nitrogen and oxygen atoms in total. The monoisotopic (exact) mass is 257 g/mol. The summed E-state index contributed by atoms with van der Waals surface area (Å²) in [6, 6.07) is 11.3. The lowest BCUT2D eigenvalue weighted by atomic mass is 10.1. The number of amides is 1. The Morgan fingerprint density at radius 3 is 2.32 bits per heavy atom. The van der Waals surface area contributed by atoms with Crippen LogP contribution in [0.1, 0.15) is 11.1 Å². The number of rotatable bonds is 3. The molecular weight excluding hydrogens is 242 g/mol. The maximum absolute atomic E-state index is 11.9. The van der Waals surface area contributed by atoms with Gasteiger partial charge in [-0.05, 0) is 48.4 Å². The zero-order valence-corrected chi connectivity index (χ0v) is 10.6. The van der Waals surface area contributed by atoms with Crippen LogP contribution in [0.3, 0.4) is 0 Å². The van der Waals surface area contributed by atoms with E-state index < -0.39 is 0 Å². The number of carbonyl (C=O) groups excluding carboxylic acids is 1. The van der Waals surface area contributed by atoms with Crippen LogP contribution < -0.4 is 5.32 Å². The topological polar surface area (TPSA) is 69.6 Å². The van der Waals surface area contributed by atoms with Gasteiger partial charge in [-0.1, -0.05) is 12.1 Å². The third-order valence-corrected chi connectivity index (χ3v) is 2.79. The van der Waals surface area contributed by atoms with Crippen molar-refractivity contribution >= 4 is 11.6 Å². The number of hydrogen-bond acceptors (Lipinski definition) is 3. The molecule has 0 saturated heterocycles. The molecule has 0 radical (unpaired) electrons. The Kier molecular flexibility index (Phi) is 3.71. The predicted octanol–water partition coefficient (Wildman–Crippen LogP) is 2.59. The molecule has 2 aromatic carbocycles. The second-order valence-electron chi connectivity index (χ2n) is 4.39. The van der Waals surface area contributed by atoms with Crippen molar-refractivity contribution < 1.29 is 15.0 Å². The van der Waals surface area contributed by atoms with Gasteiger partial charge in [0.25, 0.3) is 0 Å². The zero-order chi connectivity index (χ0) is 13.8. The summed E-state index contributed by atoms with van der Waals surface area (Å²) >= 11 is 0. The van der Waals surface area contributed by atoms with E-state index in [0.29, 0.717) is 5.69 Å². The average Bonchev–Trinajstić information content (AvgIpc) is 2.36. The first kappa shape index (κ1) is 13.0. The molecule has 0 spiro atoms. The van der Waals surface area contributed by atoms with Crippen LogP contribution in [-0.4, -0.2) is 16.1 Å². The Bertz CT molecular complexity index is 591. The maximum atomic E-state index is 11.9. The number of aromatic hydroxyl groups is 2. The van der Waals surface area contributed by atoms with Gasteiger partial charge in [-0.3, -0.25) is 4.79 Å². The molecule has 0 aliphatic heterocycles. The number of anilines is 1. The smallest absolute Gasteiger partial charge is 0.228 e. The minimum Gasteiger partial charge on any atom is -0.508 e. The Balaban J connectivity index is 2.03. The van der Waals surface area contributed by atoms with Crippen LogP contribution in [0.25, 0.3) is 0 Å². The standard InChI is InChI=1S/C15H15NO3/c1-10-8-13(18)6-7-14(10)16-15(19)9-11-2-4-12(17)5-3-11/h2-8,17-18H,9H2,1H3,(H,16,19). The molecule has 98 valence electrons. The van der Waals surface area contributed by atoms with Gasteiger partial charge in [0, 0.05) is 5.69 Å². The highest BCUT2D eigenvalue weighted by molar-refractivity contribution is 5.93. The van der Waals surface area contributed by atoms with E-state index in [1.165, 1.54) is 6.07 Å². The predicted molar refractivity (Wildman–Crippen MR) is 73.3 cm³/mol. The van der Waals surface area contributed by atoms with Crippen molar-refractivity contribution in [1.82, 2.24) is 0 Å². The van der Waals surface area contributed by atoms with E-state index in [4.69, 9.17) is 5.11 Å². The van der Waals surface area contributed by atoms with Gasteiger partial charge in [0.1, 0.15) is 11.5 Å². The summed E-state index contributed by atoms with van der Waals surface area (Å²) in [6.45, 7) is 1.82. The third-order valence-electron chi connectivity index (χ3n) is 2.79. The maximum Gasteiger partial charge on any atom is 0.228 e. The molecule has 0 heterocycles. The van der Waals surface area contributed by atoms with Gasteiger partial charge in [-0.2, -0.15) is 0 Å². The number of phenolic OH excluding ortho intramolecular Hbond substituents is 2. The quantitative estimate of drug-likeness (QED) is 0.740. The molecule has 2 aromatic rings. The molecule has 0 atom stereocenters. The third kappa shape index (κ3) is 3.48. The number of phenols is 2. The van der Waals surface area contributed by atoms with Crippen molar-refractivity contribution in [3.63, 3.8) is 0 Å². The molecule has 0 aliphatic carbocycles. The Hall–Kier alpha value is -2.49. The fraction of sp³-hybridized carbons (Fsp3) is 0.133. The van der Waals surface area contributed by atoms with E-state index in [0.717, 1.165) is 11.1 Å². The fourth-order valence-electron chi connectivity index (χ4n) is 1.78. The molecule has 0 aromatic heterocycles. The molecule has 1 amide bonds. The molecule has 4 heteroatoms. The molecular formula is C15H15NO3. The van der Waals surface area contributed by atoms with Gasteiger partial charge in [0.2, 0.25) is 5.91 Å². The molecule has 0 aliphatic rings. The summed E-state index contributed by atoms with van der Waals surface area (Å²) in [5.41, 5.74) is 2.31. The molecule has 2 rings (SSSR count). The van der Waals surface area contributed by atoms with Crippen molar-refractivity contribution in [3.8, 4) is 11.5 Å². The van der Waals surface area contributed by atoms with Gasteiger partial charge >= 0.3 is 0 Å². The van der Waals surface area contributed by atoms with Crippen LogP contribution in [0.15, 0.2) is 42.5 Å². The van der Waals surface area contributed by atoms with E-state index in [1.54, 1.807) is 36.4 Å². The van der Waals surface area contributed by atoms with E-state index in [-0.39, 0.29) is 23.8 Å². The summed E-state index contributed by atoms with van der Waals surface area (Å²) in [7, 11) is 0. The van der Waals surface area contributed by atoms with Crippen molar-refractivity contribution in [2.75, 3.05) is 5.32 Å². The summed E-state index contributed by atoms with van der Waals surface area (Å²) in [5, 5.41) is 21.2. The van der Waals surface area contributed by atoms with Crippen LogP contribution in [-0.2, 0) is 11.2 Å². The average molecular weight is 257 g/mol. The minimum atomic E-state index is -0.139. The SMILES string of the molecule is Cc1cc(O)ccc1NC(=O)Cc1ccc(O)cc1. The minimum absolute atomic E-state index is 0.139. The number of aryl methyl sites for hydroxylation is 1. The van der Waals surface area contributed by atoms with Gasteiger partial charge in [0.15, 0.2) is 0 Å². The van der Waals surface area contributed by atoms with E-state index in [9.17, 15) is 9.90 Å². The summed E-state index contributed by atoms with van der Waals surface area (Å²) in [5.74, 6) is 0.215. The summed E-state index contributed by atoms with van der Waals surface area (Å²) < 4.78 is 0. The molecule has 0 saturated carbocycles. The Morgan fingerprint density at radius 1 is 1.05 bits per heavy atom. The van der Waals surface area contributed by atoms with Gasteiger partial charge < -0.3 is 15.5 Å². The van der Waals surface area contributed by atoms with Gasteiger partial charge in [0.05, 0.1) is 6.42 Å². The Morgan fingerprint density at radius 2 is 1.68 bits per heavy atom. The second-order valence-corrected chi connectivity index (χ2v) is 4.39. The number of hydrogen-bond donors (Lipinski definition) is 3. The van der Waals surface area contributed by atoms with Crippen molar-refractivity contribution in [2.24, 2.45) is 0 Å². The lowest BCUT2D eigenvalue weighted by molar-refractivity contribution is -0.115. The lowest BCUT2D eigenvalue weighted by Crippen LogP contribution is -2.15. The van der Waals surface area contributed by atoms with Crippen LogP contribution in [0.4, 0.5) is 5.69 Å². The first-order valence-corrected chi connectivity index (χ1v) is 5.92. The first-order chi connectivity index (χ1) is 9.04. The van der Waals surface area contributed by atoms with Crippen molar-refractivity contribution in [2.45, 2.75) is 13.3 Å². The zero-order valence-electron chi connectivity index (χ0n) is 10.6. The van der Waals surface area contributed by atoms with Gasteiger partial charge in [-0.15, -0.1) is 0 Å². The number of nitrogens with one attached hydrogen (secondary N) is 1. The van der Waals surface area contributed by atoms with Crippen LogP contribution in [0.2, 0.25) is 0 Å². The molecule has 19 heavy (non-hydrogen) atoms. The van der Waals surface area contributed by atoms with Crippen LogP contribution in [0.5, 0.6) is 11.5 Å². The van der Waals surface area contributed by atoms with Crippen LogP contribution >= 0.6 is 0 Å². The fourth-order valence-corrected chi connectivity index (χ4v) is 1.78. The molecule has 3 N–H and O–H groups in total. The van der Waals surface area contributed by atoms with E-state index >= 15 is 0 Å². The first-order valence-electron chi connectivity index (χ1n) is 5.92. The largest absolute Gasteiger partial charge is 0.508 e. The Labute approximate surface area is 111 Å². The number of carbonyl (C=O) groups is 1. The molecule has 0 unspecified atom stereocenters. The van der Waals surface area contributed by atoms with Crippen LogP contribution in [0, 0.1) is 6.92 Å². The molecule has 0 bridgehead atoms. The molecule has 0 fully saturated rings. The highest BCUT2D eigenvalue weighted by Gasteiger charge is 2.06. The van der Waals surface area contributed by atoms with Crippen molar-refractivity contribution in [3.05, 3.63) is 53.6 Å². The van der Waals surface area contributed by atoms with E-state index in [1.807, 2.05) is 6.92 Å².